The van der Waals surface area contributed by atoms with Crippen LogP contribution in [0.3, 0.4) is 0 Å². The van der Waals surface area contributed by atoms with Crippen molar-refractivity contribution in [3.8, 4) is 5.75 Å². The second-order valence-electron chi connectivity index (χ2n) is 5.84. The number of hydrogen-bond donors (Lipinski definition) is 1. The molecule has 0 amide bonds. The molecule has 10 heteroatoms. The molecule has 2 aromatic carbocycles. The van der Waals surface area contributed by atoms with E-state index in [4.69, 9.17) is 9.15 Å². The predicted octanol–water partition coefficient (Wildman–Crippen LogP) is 1.25. The van der Waals surface area contributed by atoms with Crippen LogP contribution in [0.15, 0.2) is 56.6 Å². The van der Waals surface area contributed by atoms with Crippen LogP contribution in [-0.4, -0.2) is 33.2 Å². The zero-order valence-electron chi connectivity index (χ0n) is 15.2. The van der Waals surface area contributed by atoms with Crippen LogP contribution < -0.4 is 15.2 Å². The summed E-state index contributed by atoms with van der Waals surface area (Å²) in [6.45, 7) is -0.270. The first kappa shape index (κ1) is 19.6. The van der Waals surface area contributed by atoms with Crippen molar-refractivity contribution >= 4 is 27.1 Å². The highest BCUT2D eigenvalue weighted by Gasteiger charge is 2.18. The van der Waals surface area contributed by atoms with Crippen molar-refractivity contribution in [3.05, 3.63) is 58.6 Å². The van der Waals surface area contributed by atoms with Gasteiger partial charge in [-0.1, -0.05) is 12.1 Å². The molecule has 0 aliphatic heterocycles. The van der Waals surface area contributed by atoms with E-state index in [-0.39, 0.29) is 23.6 Å². The van der Waals surface area contributed by atoms with Crippen LogP contribution in [0, 0.1) is 0 Å². The smallest absolute Gasteiger partial charge is 0.420 e. The number of oxazole rings is 1. The van der Waals surface area contributed by atoms with E-state index in [1.54, 1.807) is 24.3 Å². The van der Waals surface area contributed by atoms with Gasteiger partial charge in [0.15, 0.2) is 5.58 Å². The minimum Gasteiger partial charge on any atom is -0.497 e. The molecule has 0 bridgehead atoms. The molecule has 0 atom stereocenters. The second-order valence-corrected chi connectivity index (χ2v) is 7.60. The van der Waals surface area contributed by atoms with E-state index in [9.17, 15) is 18.0 Å². The Morgan fingerprint density at radius 1 is 1.18 bits per heavy atom. The van der Waals surface area contributed by atoms with E-state index in [1.807, 2.05) is 0 Å². The standard InChI is InChI=1S/C18H18N2O7S/c1-25-13-5-3-4-12(8-13)10-19-28(23,24)14-6-7-15-16(9-14)27-18(22)20(15)11-17(21)26-2/h3-9,19H,10-11H2,1-2H3. The number of ether oxygens (including phenoxy) is 2. The fourth-order valence-corrected chi connectivity index (χ4v) is 3.63. The molecule has 0 unspecified atom stereocenters. The molecule has 1 N–H and O–H groups in total. The summed E-state index contributed by atoms with van der Waals surface area (Å²) in [4.78, 5) is 23.3. The van der Waals surface area contributed by atoms with E-state index in [1.165, 1.54) is 32.4 Å². The van der Waals surface area contributed by atoms with Gasteiger partial charge in [0, 0.05) is 12.6 Å². The van der Waals surface area contributed by atoms with Crippen molar-refractivity contribution in [2.45, 2.75) is 18.0 Å². The molecule has 3 rings (SSSR count). The Bertz CT molecular complexity index is 1180. The average molecular weight is 406 g/mol. The zero-order valence-corrected chi connectivity index (χ0v) is 16.0. The molecule has 0 aliphatic rings. The summed E-state index contributed by atoms with van der Waals surface area (Å²) in [5.74, 6) is -0.785. The molecule has 1 heterocycles. The summed E-state index contributed by atoms with van der Waals surface area (Å²) in [5.41, 5.74) is 1.07. The predicted molar refractivity (Wildman–Crippen MR) is 99.5 cm³/mol. The summed E-state index contributed by atoms with van der Waals surface area (Å²) < 4.78 is 43.4. The third-order valence-electron chi connectivity index (χ3n) is 4.07. The first-order valence-electron chi connectivity index (χ1n) is 8.17. The topological polar surface area (TPSA) is 117 Å². The number of carbonyl (C=O) groups is 1. The highest BCUT2D eigenvalue weighted by Crippen LogP contribution is 2.19. The second kappa shape index (κ2) is 7.87. The van der Waals surface area contributed by atoms with E-state index < -0.39 is 21.7 Å². The maximum Gasteiger partial charge on any atom is 0.420 e. The lowest BCUT2D eigenvalue weighted by Gasteiger charge is -2.08. The molecule has 28 heavy (non-hydrogen) atoms. The average Bonchev–Trinajstić information content (AvgIpc) is 3.01. The van der Waals surface area contributed by atoms with Gasteiger partial charge in [-0.2, -0.15) is 0 Å². The lowest BCUT2D eigenvalue weighted by Crippen LogP contribution is -2.23. The van der Waals surface area contributed by atoms with Gasteiger partial charge in [-0.25, -0.2) is 17.9 Å². The molecule has 0 radical (unpaired) electrons. The molecule has 148 valence electrons. The SMILES string of the molecule is COC(=O)Cn1c(=O)oc2cc(S(=O)(=O)NCc3cccc(OC)c3)ccc21. The number of sulfonamides is 1. The van der Waals surface area contributed by atoms with Gasteiger partial charge in [0.1, 0.15) is 12.3 Å². The van der Waals surface area contributed by atoms with E-state index in [0.717, 1.165) is 10.1 Å². The number of methoxy groups -OCH3 is 2. The Morgan fingerprint density at radius 3 is 2.68 bits per heavy atom. The molecule has 0 fully saturated rings. The van der Waals surface area contributed by atoms with Gasteiger partial charge < -0.3 is 13.9 Å². The molecule has 1 aromatic heterocycles. The molecule has 0 saturated heterocycles. The maximum absolute atomic E-state index is 12.6. The monoisotopic (exact) mass is 406 g/mol. The normalized spacial score (nSPS) is 11.5. The van der Waals surface area contributed by atoms with E-state index in [2.05, 4.69) is 9.46 Å². The minimum absolute atomic E-state index is 0.0539. The molecule has 0 spiro atoms. The number of nitrogens with one attached hydrogen (secondary N) is 1. The lowest BCUT2D eigenvalue weighted by molar-refractivity contribution is -0.141. The molecular weight excluding hydrogens is 388 g/mol. The largest absolute Gasteiger partial charge is 0.497 e. The Labute approximate surface area is 160 Å². The van der Waals surface area contributed by atoms with Crippen molar-refractivity contribution in [1.82, 2.24) is 9.29 Å². The van der Waals surface area contributed by atoms with Crippen LogP contribution in [-0.2, 0) is 32.6 Å². The number of benzene rings is 2. The zero-order chi connectivity index (χ0) is 20.3. The number of esters is 1. The molecule has 0 aliphatic carbocycles. The Kier molecular flexibility index (Phi) is 5.52. The van der Waals surface area contributed by atoms with Crippen molar-refractivity contribution in [1.29, 1.82) is 0 Å². The Morgan fingerprint density at radius 2 is 1.96 bits per heavy atom. The van der Waals surface area contributed by atoms with Crippen molar-refractivity contribution in [2.24, 2.45) is 0 Å². The summed E-state index contributed by atoms with van der Waals surface area (Å²) in [5, 5.41) is 0. The van der Waals surface area contributed by atoms with Crippen LogP contribution in [0.1, 0.15) is 5.56 Å². The van der Waals surface area contributed by atoms with Crippen LogP contribution >= 0.6 is 0 Å². The van der Waals surface area contributed by atoms with Crippen molar-refractivity contribution in [3.63, 3.8) is 0 Å². The number of aromatic nitrogens is 1. The Hall–Kier alpha value is -3.11. The van der Waals surface area contributed by atoms with Gasteiger partial charge in [-0.05, 0) is 29.8 Å². The summed E-state index contributed by atoms with van der Waals surface area (Å²) in [6, 6.07) is 11.0. The number of carbonyl (C=O) groups excluding carboxylic acids is 1. The van der Waals surface area contributed by atoms with Crippen molar-refractivity contribution in [2.75, 3.05) is 14.2 Å². The maximum atomic E-state index is 12.6. The summed E-state index contributed by atoms with van der Waals surface area (Å²) in [7, 11) is -1.13. The first-order valence-corrected chi connectivity index (χ1v) is 9.65. The van der Waals surface area contributed by atoms with Crippen LogP contribution in [0.2, 0.25) is 0 Å². The quantitative estimate of drug-likeness (QED) is 0.587. The molecular formula is C18H18N2O7S. The number of rotatable bonds is 7. The number of nitrogens with zero attached hydrogens (tertiary/aromatic N) is 1. The fraction of sp³-hybridized carbons (Fsp3) is 0.222. The highest BCUT2D eigenvalue weighted by molar-refractivity contribution is 7.89. The Balaban J connectivity index is 1.85. The van der Waals surface area contributed by atoms with Crippen LogP contribution in [0.5, 0.6) is 5.75 Å². The molecule has 9 nitrogen and oxygen atoms in total. The van der Waals surface area contributed by atoms with Gasteiger partial charge in [0.25, 0.3) is 0 Å². The summed E-state index contributed by atoms with van der Waals surface area (Å²) >= 11 is 0. The number of fused-ring (bicyclic) bond motifs is 1. The summed E-state index contributed by atoms with van der Waals surface area (Å²) in [6.07, 6.45) is 0. The minimum atomic E-state index is -3.85. The van der Waals surface area contributed by atoms with Gasteiger partial charge >= 0.3 is 11.7 Å². The van der Waals surface area contributed by atoms with Crippen molar-refractivity contribution < 1.29 is 27.1 Å². The third-order valence-corrected chi connectivity index (χ3v) is 5.46. The number of hydrogen-bond acceptors (Lipinski definition) is 7. The van der Waals surface area contributed by atoms with Crippen LogP contribution in [0.25, 0.3) is 11.1 Å². The van der Waals surface area contributed by atoms with Gasteiger partial charge in [-0.15, -0.1) is 0 Å². The third kappa shape index (κ3) is 4.07. The van der Waals surface area contributed by atoms with Gasteiger partial charge in [0.05, 0.1) is 24.6 Å². The first-order chi connectivity index (χ1) is 13.3. The molecule has 0 saturated carbocycles. The highest BCUT2D eigenvalue weighted by atomic mass is 32.2. The fourth-order valence-electron chi connectivity index (χ4n) is 2.60. The van der Waals surface area contributed by atoms with Gasteiger partial charge in [-0.3, -0.25) is 9.36 Å². The van der Waals surface area contributed by atoms with Crippen LogP contribution in [0.4, 0.5) is 0 Å². The lowest BCUT2D eigenvalue weighted by atomic mass is 10.2. The van der Waals surface area contributed by atoms with Gasteiger partial charge in [0.2, 0.25) is 10.0 Å². The molecule has 3 aromatic rings. The van der Waals surface area contributed by atoms with E-state index in [0.29, 0.717) is 11.3 Å². The van der Waals surface area contributed by atoms with E-state index >= 15 is 0 Å².